The Bertz CT molecular complexity index is 594. The summed E-state index contributed by atoms with van der Waals surface area (Å²) in [5.41, 5.74) is 0.555. The van der Waals surface area contributed by atoms with Crippen LogP contribution in [0.2, 0.25) is 0 Å². The van der Waals surface area contributed by atoms with E-state index in [0.29, 0.717) is 21.0 Å². The zero-order valence-electron chi connectivity index (χ0n) is 10.4. The predicted octanol–water partition coefficient (Wildman–Crippen LogP) is 3.15. The zero-order valence-corrected chi connectivity index (χ0v) is 12.6. The Morgan fingerprint density at radius 1 is 1.21 bits per heavy atom. The van der Waals surface area contributed by atoms with Crippen molar-refractivity contribution in [3.05, 3.63) is 39.9 Å². The summed E-state index contributed by atoms with van der Waals surface area (Å²) in [6.07, 6.45) is 0. The van der Waals surface area contributed by atoms with E-state index in [2.05, 4.69) is 5.32 Å². The van der Waals surface area contributed by atoms with Crippen LogP contribution in [0.4, 0.5) is 5.69 Å². The second-order valence-corrected chi connectivity index (χ2v) is 4.69. The highest BCUT2D eigenvalue weighted by Gasteiger charge is 2.13. The van der Waals surface area contributed by atoms with Crippen molar-refractivity contribution in [2.45, 2.75) is 0 Å². The normalized spacial score (nSPS) is 10.1. The van der Waals surface area contributed by atoms with E-state index in [1.54, 1.807) is 37.4 Å². The molecule has 2 aromatic rings. The van der Waals surface area contributed by atoms with Crippen LogP contribution in [-0.2, 0) is 0 Å². The first-order valence-electron chi connectivity index (χ1n) is 5.42. The molecule has 0 spiro atoms. The molecule has 0 radical (unpaired) electrons. The molecule has 0 aliphatic heterocycles. The van der Waals surface area contributed by atoms with Crippen LogP contribution in [0, 0.1) is 3.77 Å². The number of hydrogen-bond donors (Lipinski definition) is 1. The number of hydrogen-bond acceptors (Lipinski definition) is 4. The molecule has 1 heterocycles. The number of nitrogens with one attached hydrogen (secondary N) is 1. The summed E-state index contributed by atoms with van der Waals surface area (Å²) in [6.45, 7) is 0. The Kier molecular flexibility index (Phi) is 4.31. The van der Waals surface area contributed by atoms with Crippen molar-refractivity contribution in [2.24, 2.45) is 0 Å². The smallest absolute Gasteiger partial charge is 0.291 e. The summed E-state index contributed by atoms with van der Waals surface area (Å²) in [4.78, 5) is 12.0. The van der Waals surface area contributed by atoms with E-state index in [1.807, 2.05) is 22.6 Å². The minimum absolute atomic E-state index is 0.252. The molecule has 2 rings (SSSR count). The Morgan fingerprint density at radius 2 is 2.00 bits per heavy atom. The van der Waals surface area contributed by atoms with Crippen molar-refractivity contribution < 1.29 is 18.7 Å². The highest BCUT2D eigenvalue weighted by atomic mass is 127. The van der Waals surface area contributed by atoms with Gasteiger partial charge in [-0.2, -0.15) is 0 Å². The largest absolute Gasteiger partial charge is 0.497 e. The van der Waals surface area contributed by atoms with Gasteiger partial charge in [-0.25, -0.2) is 0 Å². The van der Waals surface area contributed by atoms with Crippen molar-refractivity contribution >= 4 is 34.2 Å². The van der Waals surface area contributed by atoms with Crippen LogP contribution >= 0.6 is 22.6 Å². The van der Waals surface area contributed by atoms with Gasteiger partial charge in [0.2, 0.25) is 0 Å². The lowest BCUT2D eigenvalue weighted by molar-refractivity contribution is 0.0995. The minimum atomic E-state index is -0.327. The van der Waals surface area contributed by atoms with E-state index in [1.165, 1.54) is 7.11 Å². The first-order valence-corrected chi connectivity index (χ1v) is 6.50. The van der Waals surface area contributed by atoms with Gasteiger partial charge in [0.1, 0.15) is 11.5 Å². The fourth-order valence-electron chi connectivity index (χ4n) is 1.52. The van der Waals surface area contributed by atoms with E-state index in [-0.39, 0.29) is 11.7 Å². The summed E-state index contributed by atoms with van der Waals surface area (Å²) >= 11 is 2.00. The zero-order chi connectivity index (χ0) is 13.8. The molecule has 6 heteroatoms. The van der Waals surface area contributed by atoms with Crippen LogP contribution in [-0.4, -0.2) is 20.1 Å². The SMILES string of the molecule is COc1ccc(NC(=O)c2ccc(I)o2)c(OC)c1. The Morgan fingerprint density at radius 3 is 2.58 bits per heavy atom. The summed E-state index contributed by atoms with van der Waals surface area (Å²) in [5.74, 6) is 1.10. The van der Waals surface area contributed by atoms with E-state index in [4.69, 9.17) is 13.9 Å². The summed E-state index contributed by atoms with van der Waals surface area (Å²) in [6, 6.07) is 8.49. The monoisotopic (exact) mass is 373 g/mol. The van der Waals surface area contributed by atoms with Crippen LogP contribution in [0.1, 0.15) is 10.6 Å². The van der Waals surface area contributed by atoms with Gasteiger partial charge < -0.3 is 19.2 Å². The maximum atomic E-state index is 12.0. The third-order valence-electron chi connectivity index (χ3n) is 2.45. The van der Waals surface area contributed by atoms with Crippen molar-refractivity contribution in [3.8, 4) is 11.5 Å². The maximum absolute atomic E-state index is 12.0. The van der Waals surface area contributed by atoms with E-state index in [9.17, 15) is 4.79 Å². The van der Waals surface area contributed by atoms with Crippen LogP contribution < -0.4 is 14.8 Å². The molecular weight excluding hydrogens is 361 g/mol. The quantitative estimate of drug-likeness (QED) is 0.837. The lowest BCUT2D eigenvalue weighted by Crippen LogP contribution is -2.11. The average Bonchev–Trinajstić information content (AvgIpc) is 2.86. The fraction of sp³-hybridized carbons (Fsp3) is 0.154. The van der Waals surface area contributed by atoms with E-state index >= 15 is 0 Å². The molecule has 0 aliphatic rings. The molecule has 5 nitrogen and oxygen atoms in total. The van der Waals surface area contributed by atoms with Gasteiger partial charge in [-0.3, -0.25) is 4.79 Å². The first-order chi connectivity index (χ1) is 9.13. The second kappa shape index (κ2) is 5.96. The van der Waals surface area contributed by atoms with Crippen LogP contribution in [0.25, 0.3) is 0 Å². The van der Waals surface area contributed by atoms with Crippen molar-refractivity contribution in [1.29, 1.82) is 0 Å². The number of anilines is 1. The van der Waals surface area contributed by atoms with Crippen LogP contribution in [0.15, 0.2) is 34.7 Å². The number of ether oxygens (including phenoxy) is 2. The molecule has 0 fully saturated rings. The van der Waals surface area contributed by atoms with Gasteiger partial charge >= 0.3 is 0 Å². The highest BCUT2D eigenvalue weighted by Crippen LogP contribution is 2.29. The van der Waals surface area contributed by atoms with E-state index < -0.39 is 0 Å². The average molecular weight is 373 g/mol. The lowest BCUT2D eigenvalue weighted by Gasteiger charge is -2.10. The van der Waals surface area contributed by atoms with Crippen molar-refractivity contribution in [2.75, 3.05) is 19.5 Å². The molecular formula is C13H12INO4. The maximum Gasteiger partial charge on any atom is 0.291 e. The number of carbonyl (C=O) groups excluding carboxylic acids is 1. The number of rotatable bonds is 4. The summed E-state index contributed by atoms with van der Waals surface area (Å²) < 4.78 is 16.2. The molecule has 1 aromatic heterocycles. The third kappa shape index (κ3) is 3.19. The molecule has 1 N–H and O–H groups in total. The van der Waals surface area contributed by atoms with Gasteiger partial charge in [0, 0.05) is 6.07 Å². The Hall–Kier alpha value is -1.70. The molecule has 0 saturated carbocycles. The van der Waals surface area contributed by atoms with E-state index in [0.717, 1.165) is 0 Å². The number of furan rings is 1. The first kappa shape index (κ1) is 13.7. The van der Waals surface area contributed by atoms with Crippen LogP contribution in [0.3, 0.4) is 0 Å². The molecule has 1 amide bonds. The standard InChI is InChI=1S/C13H12INO4/c1-17-8-3-4-9(11(7-8)18-2)15-13(16)10-5-6-12(14)19-10/h3-7H,1-2H3,(H,15,16). The number of halogens is 1. The molecule has 0 unspecified atom stereocenters. The molecule has 0 aliphatic carbocycles. The van der Waals surface area contributed by atoms with Gasteiger partial charge in [-0.1, -0.05) is 0 Å². The Labute approximate surface area is 124 Å². The summed E-state index contributed by atoms with van der Waals surface area (Å²) in [5, 5.41) is 2.73. The minimum Gasteiger partial charge on any atom is -0.497 e. The molecule has 19 heavy (non-hydrogen) atoms. The number of carbonyl (C=O) groups is 1. The molecule has 0 saturated heterocycles. The lowest BCUT2D eigenvalue weighted by atomic mass is 10.2. The number of amides is 1. The van der Waals surface area contributed by atoms with Gasteiger partial charge in [0.15, 0.2) is 9.53 Å². The molecule has 0 bridgehead atoms. The summed E-state index contributed by atoms with van der Waals surface area (Å²) in [7, 11) is 3.10. The Balaban J connectivity index is 2.21. The van der Waals surface area contributed by atoms with Gasteiger partial charge in [-0.15, -0.1) is 0 Å². The molecule has 0 atom stereocenters. The van der Waals surface area contributed by atoms with Crippen molar-refractivity contribution in [3.63, 3.8) is 0 Å². The third-order valence-corrected chi connectivity index (χ3v) is 3.03. The van der Waals surface area contributed by atoms with Gasteiger partial charge in [-0.05, 0) is 46.9 Å². The predicted molar refractivity (Wildman–Crippen MR) is 78.9 cm³/mol. The number of benzene rings is 1. The topological polar surface area (TPSA) is 60.7 Å². The molecule has 1 aromatic carbocycles. The molecule has 100 valence electrons. The number of methoxy groups -OCH3 is 2. The highest BCUT2D eigenvalue weighted by molar-refractivity contribution is 14.1. The second-order valence-electron chi connectivity index (χ2n) is 3.62. The van der Waals surface area contributed by atoms with Crippen molar-refractivity contribution in [1.82, 2.24) is 0 Å². The fourth-order valence-corrected chi connectivity index (χ4v) is 1.94. The van der Waals surface area contributed by atoms with Gasteiger partial charge in [0.05, 0.1) is 19.9 Å². The van der Waals surface area contributed by atoms with Gasteiger partial charge in [0.25, 0.3) is 5.91 Å². The van der Waals surface area contributed by atoms with Crippen LogP contribution in [0.5, 0.6) is 11.5 Å².